The van der Waals surface area contributed by atoms with E-state index in [9.17, 15) is 0 Å². The van der Waals surface area contributed by atoms with E-state index in [0.717, 1.165) is 4.47 Å². The summed E-state index contributed by atoms with van der Waals surface area (Å²) in [6.07, 6.45) is 0. The fourth-order valence-electron chi connectivity index (χ4n) is 1.79. The van der Waals surface area contributed by atoms with Crippen molar-refractivity contribution in [2.45, 2.75) is 62.3 Å². The molecule has 3 aromatic carbocycles. The number of rotatable bonds is 1. The van der Waals surface area contributed by atoms with Gasteiger partial charge in [-0.05, 0) is 30.2 Å². The van der Waals surface area contributed by atoms with Gasteiger partial charge in [-0.15, -0.1) is 0 Å². The second-order valence-electron chi connectivity index (χ2n) is 4.53. The minimum atomic E-state index is 1.13. The highest BCUT2D eigenvalue weighted by Crippen LogP contribution is 2.18. The Kier molecular flexibility index (Phi) is 27.7. The van der Waals surface area contributed by atoms with E-state index in [1.54, 1.807) is 0 Å². The fraction of sp³-hybridized carbons (Fsp3) is 0.333. The van der Waals surface area contributed by atoms with Crippen LogP contribution in [-0.4, -0.2) is 0 Å². The first-order valence-corrected chi connectivity index (χ1v) is 11.4. The quantitative estimate of drug-likeness (QED) is 0.349. The van der Waals surface area contributed by atoms with Crippen molar-refractivity contribution in [2.24, 2.45) is 0 Å². The van der Waals surface area contributed by atoms with Gasteiger partial charge in [-0.25, -0.2) is 0 Å². The van der Waals surface area contributed by atoms with Crippen molar-refractivity contribution in [2.75, 3.05) is 0 Å². The summed E-state index contributed by atoms with van der Waals surface area (Å²) in [7, 11) is 0. The topological polar surface area (TPSA) is 0 Å². The Morgan fingerprint density at radius 2 is 0.750 bits per heavy atom. The summed E-state index contributed by atoms with van der Waals surface area (Å²) in [4.78, 5) is 0. The lowest BCUT2D eigenvalue weighted by Gasteiger charge is -2.00. The van der Waals surface area contributed by atoms with E-state index in [-0.39, 0.29) is 0 Å². The van der Waals surface area contributed by atoms with Gasteiger partial charge in [0.05, 0.1) is 0 Å². The summed E-state index contributed by atoms with van der Waals surface area (Å²) >= 11 is 3.31. The SMILES string of the molecule is Brc1ccccc1.CC.CC.CC.CC.Cc1ccc(-c2ccccc2)cc1. The van der Waals surface area contributed by atoms with Crippen LogP contribution < -0.4 is 0 Å². The molecule has 0 fully saturated rings. The van der Waals surface area contributed by atoms with Crippen molar-refractivity contribution in [3.63, 3.8) is 0 Å². The van der Waals surface area contributed by atoms with Gasteiger partial charge in [0.25, 0.3) is 0 Å². The first kappa shape index (κ1) is 30.9. The third-order valence-corrected chi connectivity index (χ3v) is 3.42. The van der Waals surface area contributed by atoms with Crippen LogP contribution in [0.5, 0.6) is 0 Å². The highest BCUT2D eigenvalue weighted by atomic mass is 79.9. The van der Waals surface area contributed by atoms with Crippen LogP contribution >= 0.6 is 15.9 Å². The third-order valence-electron chi connectivity index (χ3n) is 2.89. The van der Waals surface area contributed by atoms with Gasteiger partial charge >= 0.3 is 0 Å². The minimum absolute atomic E-state index is 1.13. The van der Waals surface area contributed by atoms with Gasteiger partial charge in [0.15, 0.2) is 0 Å². The maximum absolute atomic E-state index is 3.31. The van der Waals surface area contributed by atoms with E-state index in [2.05, 4.69) is 71.4 Å². The smallest absolute Gasteiger partial charge is 0.0175 e. The van der Waals surface area contributed by atoms with Gasteiger partial charge in [-0.1, -0.05) is 150 Å². The third kappa shape index (κ3) is 16.3. The van der Waals surface area contributed by atoms with Gasteiger partial charge in [0.2, 0.25) is 0 Å². The Bertz CT molecular complexity index is 613. The molecule has 0 radical (unpaired) electrons. The molecule has 0 aliphatic carbocycles. The molecule has 156 valence electrons. The summed E-state index contributed by atoms with van der Waals surface area (Å²) < 4.78 is 1.13. The molecule has 1 heteroatoms. The Morgan fingerprint density at radius 3 is 1.07 bits per heavy atom. The summed E-state index contributed by atoms with van der Waals surface area (Å²) in [6, 6.07) is 29.0. The number of hydrogen-bond donors (Lipinski definition) is 0. The Balaban J connectivity index is -0.000000355. The molecule has 0 aliphatic rings. The van der Waals surface area contributed by atoms with Gasteiger partial charge in [-0.3, -0.25) is 0 Å². The zero-order valence-electron chi connectivity index (χ0n) is 19.5. The standard InChI is InChI=1S/C13H12.C6H5Br.4C2H6/c1-11-7-9-13(10-8-11)12-5-3-2-4-6-12;7-6-4-2-1-3-5-6;4*1-2/h2-10H,1H3;1-5H;4*1-2H3. The maximum atomic E-state index is 3.31. The summed E-state index contributed by atoms with van der Waals surface area (Å²) in [5, 5.41) is 0. The molecule has 0 bridgehead atoms. The van der Waals surface area contributed by atoms with Gasteiger partial charge in [-0.2, -0.15) is 0 Å². The van der Waals surface area contributed by atoms with Crippen molar-refractivity contribution < 1.29 is 0 Å². The normalized spacial score (nSPS) is 7.64. The predicted molar refractivity (Wildman–Crippen MR) is 136 cm³/mol. The van der Waals surface area contributed by atoms with Crippen LogP contribution in [0.3, 0.4) is 0 Å². The largest absolute Gasteiger partial charge is 0.0683 e. The predicted octanol–water partition coefficient (Wildman–Crippen LogP) is 10.2. The molecule has 0 atom stereocenters. The van der Waals surface area contributed by atoms with E-state index >= 15 is 0 Å². The monoisotopic (exact) mass is 444 g/mol. The molecular weight excluding hydrogens is 404 g/mol. The van der Waals surface area contributed by atoms with Crippen LogP contribution in [0, 0.1) is 6.92 Å². The molecule has 0 aliphatic heterocycles. The summed E-state index contributed by atoms with van der Waals surface area (Å²) in [5.74, 6) is 0. The van der Waals surface area contributed by atoms with E-state index in [1.165, 1.54) is 16.7 Å². The number of benzene rings is 3. The molecular formula is C27H41Br. The van der Waals surface area contributed by atoms with Crippen molar-refractivity contribution >= 4 is 15.9 Å². The Hall–Kier alpha value is -1.86. The van der Waals surface area contributed by atoms with Crippen molar-refractivity contribution in [3.05, 3.63) is 95.0 Å². The molecule has 0 aromatic heterocycles. The highest BCUT2D eigenvalue weighted by molar-refractivity contribution is 9.10. The van der Waals surface area contributed by atoms with Gasteiger partial charge in [0.1, 0.15) is 0 Å². The summed E-state index contributed by atoms with van der Waals surface area (Å²) in [6.45, 7) is 18.1. The van der Waals surface area contributed by atoms with Gasteiger partial charge < -0.3 is 0 Å². The second kappa shape index (κ2) is 25.1. The van der Waals surface area contributed by atoms with Crippen LogP contribution in [-0.2, 0) is 0 Å². The minimum Gasteiger partial charge on any atom is -0.0683 e. The van der Waals surface area contributed by atoms with E-state index in [0.29, 0.717) is 0 Å². The lowest BCUT2D eigenvalue weighted by atomic mass is 10.0. The lowest BCUT2D eigenvalue weighted by Crippen LogP contribution is -1.76. The number of halogens is 1. The van der Waals surface area contributed by atoms with E-state index in [4.69, 9.17) is 0 Å². The zero-order valence-corrected chi connectivity index (χ0v) is 21.0. The Morgan fingerprint density at radius 1 is 0.429 bits per heavy atom. The molecule has 0 N–H and O–H groups in total. The average molecular weight is 446 g/mol. The van der Waals surface area contributed by atoms with Crippen molar-refractivity contribution in [1.29, 1.82) is 0 Å². The maximum Gasteiger partial charge on any atom is 0.0175 e. The van der Waals surface area contributed by atoms with Crippen LogP contribution in [0.25, 0.3) is 11.1 Å². The summed E-state index contributed by atoms with van der Waals surface area (Å²) in [5.41, 5.74) is 3.87. The molecule has 3 rings (SSSR count). The van der Waals surface area contributed by atoms with Crippen LogP contribution in [0.4, 0.5) is 0 Å². The Labute approximate surface area is 184 Å². The van der Waals surface area contributed by atoms with Crippen molar-refractivity contribution in [3.8, 4) is 11.1 Å². The molecule has 0 nitrogen and oxygen atoms in total. The van der Waals surface area contributed by atoms with Gasteiger partial charge in [0, 0.05) is 4.47 Å². The van der Waals surface area contributed by atoms with Crippen molar-refractivity contribution in [1.82, 2.24) is 0 Å². The fourth-order valence-corrected chi connectivity index (χ4v) is 2.10. The average Bonchev–Trinajstić information content (AvgIpc) is 2.81. The molecule has 0 unspecified atom stereocenters. The number of hydrogen-bond acceptors (Lipinski definition) is 0. The van der Waals surface area contributed by atoms with Crippen LogP contribution in [0.15, 0.2) is 89.4 Å². The zero-order chi connectivity index (χ0) is 22.2. The first-order chi connectivity index (χ1) is 13.8. The second-order valence-corrected chi connectivity index (χ2v) is 5.44. The molecule has 0 amide bonds. The molecule has 3 aromatic rings. The van der Waals surface area contributed by atoms with Crippen LogP contribution in [0.1, 0.15) is 61.0 Å². The first-order valence-electron chi connectivity index (χ1n) is 10.6. The molecule has 0 saturated carbocycles. The highest BCUT2D eigenvalue weighted by Gasteiger charge is 1.93. The molecule has 28 heavy (non-hydrogen) atoms. The van der Waals surface area contributed by atoms with E-state index in [1.807, 2.05) is 91.8 Å². The molecule has 0 spiro atoms. The molecule has 0 heterocycles. The van der Waals surface area contributed by atoms with E-state index < -0.39 is 0 Å². The lowest BCUT2D eigenvalue weighted by molar-refractivity contribution is 1.47. The van der Waals surface area contributed by atoms with Crippen LogP contribution in [0.2, 0.25) is 0 Å². The number of aryl methyl sites for hydroxylation is 1. The molecule has 0 saturated heterocycles.